The minimum atomic E-state index is -0.737. The van der Waals surface area contributed by atoms with Gasteiger partial charge in [-0.05, 0) is 73.9 Å². The van der Waals surface area contributed by atoms with Gasteiger partial charge in [0.25, 0.3) is 0 Å². The molecule has 0 fully saturated rings. The van der Waals surface area contributed by atoms with Crippen LogP contribution in [0.2, 0.25) is 0 Å². The molecule has 0 aliphatic carbocycles. The first-order chi connectivity index (χ1) is 9.67. The van der Waals surface area contributed by atoms with Crippen molar-refractivity contribution in [3.8, 4) is 0 Å². The van der Waals surface area contributed by atoms with Crippen LogP contribution in [0, 0.1) is 3.57 Å². The number of carbonyl (C=O) groups is 2. The zero-order valence-corrected chi connectivity index (χ0v) is 14.6. The first-order valence-electron chi connectivity index (χ1n) is 6.70. The summed E-state index contributed by atoms with van der Waals surface area (Å²) in [5.74, 6) is -0.564. The third kappa shape index (κ3) is 7.31. The van der Waals surface area contributed by atoms with Crippen molar-refractivity contribution in [2.45, 2.75) is 45.3 Å². The summed E-state index contributed by atoms with van der Waals surface area (Å²) >= 11 is 2.23. The van der Waals surface area contributed by atoms with Crippen LogP contribution in [0.5, 0.6) is 0 Å². The number of ether oxygens (including phenoxy) is 1. The van der Waals surface area contributed by atoms with Crippen molar-refractivity contribution in [2.75, 3.05) is 0 Å². The molecular formula is C15H21IN2O3. The Morgan fingerprint density at radius 3 is 2.33 bits per heavy atom. The van der Waals surface area contributed by atoms with Gasteiger partial charge in [-0.25, -0.2) is 4.79 Å². The lowest BCUT2D eigenvalue weighted by atomic mass is 10.1. The highest BCUT2D eigenvalue weighted by atomic mass is 127. The molecule has 0 saturated carbocycles. The zero-order chi connectivity index (χ0) is 16.0. The lowest BCUT2D eigenvalue weighted by molar-refractivity contribution is -0.120. The number of alkyl carbamates (subject to hydrolysis) is 1. The van der Waals surface area contributed by atoms with Crippen LogP contribution in [0.3, 0.4) is 0 Å². The Morgan fingerprint density at radius 2 is 1.86 bits per heavy atom. The van der Waals surface area contributed by atoms with Gasteiger partial charge in [-0.15, -0.1) is 0 Å². The van der Waals surface area contributed by atoms with Crippen molar-refractivity contribution >= 4 is 34.6 Å². The maximum Gasteiger partial charge on any atom is 0.408 e. The van der Waals surface area contributed by atoms with Crippen molar-refractivity contribution in [3.05, 3.63) is 33.4 Å². The fraction of sp³-hybridized carbons (Fsp3) is 0.467. The van der Waals surface area contributed by atoms with E-state index in [4.69, 9.17) is 10.5 Å². The molecule has 1 atom stereocenters. The summed E-state index contributed by atoms with van der Waals surface area (Å²) in [5, 5.41) is 2.52. The van der Waals surface area contributed by atoms with Crippen molar-refractivity contribution in [1.82, 2.24) is 5.32 Å². The van der Waals surface area contributed by atoms with Gasteiger partial charge in [0.15, 0.2) is 0 Å². The van der Waals surface area contributed by atoms with Gasteiger partial charge >= 0.3 is 6.09 Å². The molecule has 6 heteroatoms. The van der Waals surface area contributed by atoms with Gasteiger partial charge in [-0.2, -0.15) is 0 Å². The minimum Gasteiger partial charge on any atom is -0.444 e. The first kappa shape index (κ1) is 17.7. The fourth-order valence-electron chi connectivity index (χ4n) is 1.70. The van der Waals surface area contributed by atoms with E-state index in [1.165, 1.54) is 0 Å². The van der Waals surface area contributed by atoms with Crippen LogP contribution in [0.15, 0.2) is 24.3 Å². The Bertz CT molecular complexity index is 495. The summed E-state index contributed by atoms with van der Waals surface area (Å²) in [6.45, 7) is 5.28. The third-order valence-corrected chi connectivity index (χ3v) is 3.39. The zero-order valence-electron chi connectivity index (χ0n) is 12.5. The molecule has 3 N–H and O–H groups in total. The van der Waals surface area contributed by atoms with Gasteiger partial charge in [-0.1, -0.05) is 12.1 Å². The van der Waals surface area contributed by atoms with Gasteiger partial charge < -0.3 is 15.8 Å². The highest BCUT2D eigenvalue weighted by Crippen LogP contribution is 2.11. The number of hydrogen-bond donors (Lipinski definition) is 2. The number of primary amides is 1. The molecule has 0 unspecified atom stereocenters. The predicted molar refractivity (Wildman–Crippen MR) is 89.8 cm³/mol. The van der Waals surface area contributed by atoms with E-state index in [1.807, 2.05) is 24.3 Å². The van der Waals surface area contributed by atoms with Crippen LogP contribution in [0.4, 0.5) is 4.79 Å². The number of carbonyl (C=O) groups excluding carboxylic acids is 2. The third-order valence-electron chi connectivity index (χ3n) is 2.67. The van der Waals surface area contributed by atoms with Gasteiger partial charge in [0.1, 0.15) is 11.6 Å². The van der Waals surface area contributed by atoms with Crippen LogP contribution >= 0.6 is 22.6 Å². The van der Waals surface area contributed by atoms with E-state index in [1.54, 1.807) is 20.8 Å². The molecule has 0 bridgehead atoms. The second-order valence-electron chi connectivity index (χ2n) is 5.77. The molecule has 0 aliphatic rings. The van der Waals surface area contributed by atoms with Crippen molar-refractivity contribution in [1.29, 1.82) is 0 Å². The molecule has 1 rings (SSSR count). The topological polar surface area (TPSA) is 81.4 Å². The Kier molecular flexibility index (Phi) is 6.44. The highest BCUT2D eigenvalue weighted by molar-refractivity contribution is 14.1. The quantitative estimate of drug-likeness (QED) is 0.741. The lowest BCUT2D eigenvalue weighted by Crippen LogP contribution is -2.46. The van der Waals surface area contributed by atoms with E-state index in [0.717, 1.165) is 9.13 Å². The average Bonchev–Trinajstić information content (AvgIpc) is 2.33. The Morgan fingerprint density at radius 1 is 1.29 bits per heavy atom. The summed E-state index contributed by atoms with van der Waals surface area (Å²) in [5.41, 5.74) is 5.81. The number of nitrogens with one attached hydrogen (secondary N) is 1. The van der Waals surface area contributed by atoms with E-state index >= 15 is 0 Å². The standard InChI is InChI=1S/C15H21IN2O3/c1-15(2,3)21-14(20)18-12(13(17)19)9-6-10-4-7-11(16)8-5-10/h4-5,7-8,12H,6,9H2,1-3H3,(H2,17,19)(H,18,20)/t12-/m1/s1. The van der Waals surface area contributed by atoms with E-state index < -0.39 is 23.6 Å². The number of amides is 2. The van der Waals surface area contributed by atoms with Crippen LogP contribution in [-0.4, -0.2) is 23.6 Å². The summed E-state index contributed by atoms with van der Waals surface area (Å²) in [7, 11) is 0. The lowest BCUT2D eigenvalue weighted by Gasteiger charge is -2.22. The largest absolute Gasteiger partial charge is 0.444 e. The maximum atomic E-state index is 11.7. The second-order valence-corrected chi connectivity index (χ2v) is 7.01. The molecule has 0 saturated heterocycles. The van der Waals surface area contributed by atoms with Crippen molar-refractivity contribution in [2.24, 2.45) is 5.73 Å². The van der Waals surface area contributed by atoms with Crippen molar-refractivity contribution in [3.63, 3.8) is 0 Å². The minimum absolute atomic E-state index is 0.440. The predicted octanol–water partition coefficient (Wildman–Crippen LogP) is 2.60. The van der Waals surface area contributed by atoms with Gasteiger partial charge in [-0.3, -0.25) is 4.79 Å². The van der Waals surface area contributed by atoms with E-state index in [0.29, 0.717) is 12.8 Å². The normalized spacial score (nSPS) is 12.6. The fourth-order valence-corrected chi connectivity index (χ4v) is 2.06. The SMILES string of the molecule is CC(C)(C)OC(=O)N[C@H](CCc1ccc(I)cc1)C(N)=O. The van der Waals surface area contributed by atoms with E-state index in [2.05, 4.69) is 27.9 Å². The van der Waals surface area contributed by atoms with E-state index in [-0.39, 0.29) is 0 Å². The van der Waals surface area contributed by atoms with E-state index in [9.17, 15) is 9.59 Å². The molecule has 0 heterocycles. The summed E-state index contributed by atoms with van der Waals surface area (Å²) in [6, 6.07) is 7.24. The smallest absolute Gasteiger partial charge is 0.408 e. The average molecular weight is 404 g/mol. The molecule has 116 valence electrons. The molecule has 5 nitrogen and oxygen atoms in total. The number of hydrogen-bond acceptors (Lipinski definition) is 3. The molecule has 0 spiro atoms. The van der Waals surface area contributed by atoms with Crippen molar-refractivity contribution < 1.29 is 14.3 Å². The van der Waals surface area contributed by atoms with Gasteiger partial charge in [0.05, 0.1) is 0 Å². The Balaban J connectivity index is 2.56. The summed E-state index contributed by atoms with van der Waals surface area (Å²) in [4.78, 5) is 23.1. The Hall–Kier alpha value is -1.31. The van der Waals surface area contributed by atoms with Crippen LogP contribution in [0.25, 0.3) is 0 Å². The molecule has 0 aliphatic heterocycles. The number of rotatable bonds is 5. The monoisotopic (exact) mass is 404 g/mol. The summed E-state index contributed by atoms with van der Waals surface area (Å²) < 4.78 is 6.28. The second kappa shape index (κ2) is 7.63. The molecule has 1 aromatic carbocycles. The molecule has 0 radical (unpaired) electrons. The number of nitrogens with two attached hydrogens (primary N) is 1. The Labute approximate surface area is 138 Å². The summed E-state index contributed by atoms with van der Waals surface area (Å²) in [6.07, 6.45) is 0.462. The molecule has 2 amide bonds. The van der Waals surface area contributed by atoms with Gasteiger partial charge in [0, 0.05) is 3.57 Å². The molecule has 0 aromatic heterocycles. The molecule has 21 heavy (non-hydrogen) atoms. The first-order valence-corrected chi connectivity index (χ1v) is 7.78. The van der Waals surface area contributed by atoms with Crippen LogP contribution < -0.4 is 11.1 Å². The number of aryl methyl sites for hydroxylation is 1. The molecule has 1 aromatic rings. The molecular weight excluding hydrogens is 383 g/mol. The van der Waals surface area contributed by atoms with Crippen LogP contribution in [-0.2, 0) is 16.0 Å². The number of benzene rings is 1. The maximum absolute atomic E-state index is 11.7. The highest BCUT2D eigenvalue weighted by Gasteiger charge is 2.22. The van der Waals surface area contributed by atoms with Crippen LogP contribution in [0.1, 0.15) is 32.8 Å². The number of halogens is 1. The van der Waals surface area contributed by atoms with Gasteiger partial charge in [0.2, 0.25) is 5.91 Å².